The number of aromatic nitrogens is 2. The number of hydrogen-bond acceptors (Lipinski definition) is 4. The molecular weight excluding hydrogens is 297 g/mol. The Labute approximate surface area is 126 Å². The van der Waals surface area contributed by atoms with Crippen LogP contribution in [0.15, 0.2) is 12.3 Å². The summed E-state index contributed by atoms with van der Waals surface area (Å²) in [6.07, 6.45) is -2.49. The highest BCUT2D eigenvalue weighted by Crippen LogP contribution is 2.33. The predicted octanol–water partition coefficient (Wildman–Crippen LogP) is 2.71. The van der Waals surface area contributed by atoms with Crippen LogP contribution in [0.2, 0.25) is 0 Å². The Morgan fingerprint density at radius 1 is 1.45 bits per heavy atom. The Hall–Kier alpha value is -1.86. The van der Waals surface area contributed by atoms with Crippen LogP contribution >= 0.6 is 0 Å². The molecule has 1 amide bonds. The lowest BCUT2D eigenvalue weighted by Crippen LogP contribution is -2.44. The van der Waals surface area contributed by atoms with Gasteiger partial charge in [-0.05, 0) is 32.8 Å². The van der Waals surface area contributed by atoms with Gasteiger partial charge in [-0.15, -0.1) is 5.10 Å². The normalized spacial score (nSPS) is 19.4. The van der Waals surface area contributed by atoms with Crippen LogP contribution in [0, 0.1) is 5.92 Å². The number of hydrogen-bond donors (Lipinski definition) is 1. The van der Waals surface area contributed by atoms with Crippen LogP contribution in [0.1, 0.15) is 37.0 Å². The quantitative estimate of drug-likeness (QED) is 0.931. The highest BCUT2D eigenvalue weighted by atomic mass is 19.4. The van der Waals surface area contributed by atoms with Gasteiger partial charge in [0, 0.05) is 19.1 Å². The van der Waals surface area contributed by atoms with E-state index < -0.39 is 18.0 Å². The SMILES string of the molecule is CC(C)Nc1nnccc1C(=O)N1CCC[C@H](C(F)(F)F)C1. The fraction of sp³-hybridized carbons (Fsp3) is 0.643. The molecule has 1 aliphatic heterocycles. The van der Waals surface area contributed by atoms with Crippen molar-refractivity contribution in [1.82, 2.24) is 15.1 Å². The minimum Gasteiger partial charge on any atom is -0.366 e. The molecule has 0 unspecified atom stereocenters. The highest BCUT2D eigenvalue weighted by molar-refractivity contribution is 5.98. The van der Waals surface area contributed by atoms with E-state index in [0.29, 0.717) is 18.8 Å². The van der Waals surface area contributed by atoms with Gasteiger partial charge in [0.2, 0.25) is 0 Å². The second-order valence-corrected chi connectivity index (χ2v) is 5.72. The number of nitrogens with one attached hydrogen (secondary N) is 1. The smallest absolute Gasteiger partial charge is 0.366 e. The van der Waals surface area contributed by atoms with Crippen LogP contribution in [0.3, 0.4) is 0 Å². The minimum atomic E-state index is -4.27. The summed E-state index contributed by atoms with van der Waals surface area (Å²) in [5.41, 5.74) is 0.256. The number of alkyl halides is 3. The number of anilines is 1. The Bertz CT molecular complexity index is 533. The fourth-order valence-corrected chi connectivity index (χ4v) is 2.48. The number of likely N-dealkylation sites (tertiary alicyclic amines) is 1. The number of carbonyl (C=O) groups excluding carboxylic acids is 1. The Morgan fingerprint density at radius 3 is 2.82 bits per heavy atom. The summed E-state index contributed by atoms with van der Waals surface area (Å²) >= 11 is 0. The topological polar surface area (TPSA) is 58.1 Å². The van der Waals surface area contributed by atoms with Crippen LogP contribution in [-0.4, -0.2) is 46.3 Å². The predicted molar refractivity (Wildman–Crippen MR) is 75.5 cm³/mol. The third kappa shape index (κ3) is 3.86. The number of amides is 1. The zero-order valence-corrected chi connectivity index (χ0v) is 12.5. The number of nitrogens with zero attached hydrogens (tertiary/aromatic N) is 3. The third-order valence-electron chi connectivity index (χ3n) is 3.55. The number of rotatable bonds is 3. The van der Waals surface area contributed by atoms with Crippen molar-refractivity contribution in [2.75, 3.05) is 18.4 Å². The lowest BCUT2D eigenvalue weighted by molar-refractivity contribution is -0.184. The average molecular weight is 316 g/mol. The molecule has 1 aromatic rings. The van der Waals surface area contributed by atoms with Gasteiger partial charge in [-0.25, -0.2) is 0 Å². The summed E-state index contributed by atoms with van der Waals surface area (Å²) < 4.78 is 38.6. The molecule has 8 heteroatoms. The summed E-state index contributed by atoms with van der Waals surface area (Å²) in [5.74, 6) is -1.59. The fourth-order valence-electron chi connectivity index (χ4n) is 2.48. The lowest BCUT2D eigenvalue weighted by atomic mass is 9.97. The molecule has 0 spiro atoms. The van der Waals surface area contributed by atoms with E-state index in [-0.39, 0.29) is 24.6 Å². The van der Waals surface area contributed by atoms with Gasteiger partial charge in [0.25, 0.3) is 5.91 Å². The van der Waals surface area contributed by atoms with Crippen molar-refractivity contribution in [3.63, 3.8) is 0 Å². The van der Waals surface area contributed by atoms with Crippen LogP contribution < -0.4 is 5.32 Å². The van der Waals surface area contributed by atoms with E-state index in [4.69, 9.17) is 0 Å². The molecule has 0 saturated carbocycles. The van der Waals surface area contributed by atoms with Crippen molar-refractivity contribution in [2.24, 2.45) is 5.92 Å². The molecule has 1 atom stereocenters. The van der Waals surface area contributed by atoms with Gasteiger partial charge in [0.15, 0.2) is 5.82 Å². The van der Waals surface area contributed by atoms with Crippen molar-refractivity contribution in [1.29, 1.82) is 0 Å². The molecule has 0 aliphatic carbocycles. The molecule has 5 nitrogen and oxygen atoms in total. The molecule has 1 fully saturated rings. The number of piperidine rings is 1. The second kappa shape index (κ2) is 6.50. The van der Waals surface area contributed by atoms with E-state index in [9.17, 15) is 18.0 Å². The Kier molecular flexibility index (Phi) is 4.87. The average Bonchev–Trinajstić information content (AvgIpc) is 2.46. The first-order valence-electron chi connectivity index (χ1n) is 7.23. The molecule has 1 aliphatic rings. The number of halogens is 3. The van der Waals surface area contributed by atoms with Gasteiger partial charge in [0.1, 0.15) is 0 Å². The molecule has 122 valence electrons. The number of carbonyl (C=O) groups is 1. The van der Waals surface area contributed by atoms with Gasteiger partial charge in [-0.3, -0.25) is 4.79 Å². The molecule has 1 aromatic heterocycles. The van der Waals surface area contributed by atoms with Crippen molar-refractivity contribution in [3.8, 4) is 0 Å². The molecule has 2 rings (SSSR count). The van der Waals surface area contributed by atoms with Crippen LogP contribution in [0.25, 0.3) is 0 Å². The van der Waals surface area contributed by atoms with E-state index >= 15 is 0 Å². The molecule has 0 radical (unpaired) electrons. The van der Waals surface area contributed by atoms with E-state index in [0.717, 1.165) is 0 Å². The summed E-state index contributed by atoms with van der Waals surface area (Å²) in [6, 6.07) is 1.52. The molecule has 1 saturated heterocycles. The van der Waals surface area contributed by atoms with E-state index in [1.807, 2.05) is 13.8 Å². The zero-order valence-electron chi connectivity index (χ0n) is 12.5. The van der Waals surface area contributed by atoms with E-state index in [2.05, 4.69) is 15.5 Å². The summed E-state index contributed by atoms with van der Waals surface area (Å²) in [7, 11) is 0. The molecule has 0 aromatic carbocycles. The lowest BCUT2D eigenvalue weighted by Gasteiger charge is -2.34. The van der Waals surface area contributed by atoms with Crippen LogP contribution in [0.4, 0.5) is 19.0 Å². The Balaban J connectivity index is 2.18. The van der Waals surface area contributed by atoms with Crippen molar-refractivity contribution >= 4 is 11.7 Å². The molecule has 0 bridgehead atoms. The van der Waals surface area contributed by atoms with Gasteiger partial charge < -0.3 is 10.2 Å². The monoisotopic (exact) mass is 316 g/mol. The second-order valence-electron chi connectivity index (χ2n) is 5.72. The summed E-state index contributed by atoms with van der Waals surface area (Å²) in [5, 5.41) is 10.6. The molecular formula is C14H19F3N4O. The van der Waals surface area contributed by atoms with Crippen LogP contribution in [0.5, 0.6) is 0 Å². The molecule has 2 heterocycles. The first kappa shape index (κ1) is 16.5. The highest BCUT2D eigenvalue weighted by Gasteiger charge is 2.43. The van der Waals surface area contributed by atoms with Crippen molar-refractivity contribution in [2.45, 2.75) is 38.9 Å². The van der Waals surface area contributed by atoms with Crippen molar-refractivity contribution < 1.29 is 18.0 Å². The van der Waals surface area contributed by atoms with Gasteiger partial charge in [-0.1, -0.05) is 0 Å². The summed E-state index contributed by atoms with van der Waals surface area (Å²) in [6.45, 7) is 3.79. The minimum absolute atomic E-state index is 0.0347. The van der Waals surface area contributed by atoms with Gasteiger partial charge in [-0.2, -0.15) is 18.3 Å². The van der Waals surface area contributed by atoms with E-state index in [1.54, 1.807) is 0 Å². The molecule has 1 N–H and O–H groups in total. The largest absolute Gasteiger partial charge is 0.393 e. The summed E-state index contributed by atoms with van der Waals surface area (Å²) in [4.78, 5) is 13.8. The maximum atomic E-state index is 12.9. The first-order chi connectivity index (χ1) is 10.3. The van der Waals surface area contributed by atoms with Gasteiger partial charge in [0.05, 0.1) is 17.7 Å². The maximum absolute atomic E-state index is 12.9. The third-order valence-corrected chi connectivity index (χ3v) is 3.55. The maximum Gasteiger partial charge on any atom is 0.393 e. The zero-order chi connectivity index (χ0) is 16.3. The standard InChI is InChI=1S/C14H19F3N4O/c1-9(2)19-12-11(5-6-18-20-12)13(22)21-7-3-4-10(8-21)14(15,16)17/h5-6,9-10H,3-4,7-8H2,1-2H3,(H,19,20)/t10-/m0/s1. The molecule has 22 heavy (non-hydrogen) atoms. The van der Waals surface area contributed by atoms with Crippen LogP contribution in [-0.2, 0) is 0 Å². The first-order valence-corrected chi connectivity index (χ1v) is 7.23. The van der Waals surface area contributed by atoms with Gasteiger partial charge >= 0.3 is 6.18 Å². The Morgan fingerprint density at radius 2 is 2.18 bits per heavy atom. The van der Waals surface area contributed by atoms with E-state index in [1.165, 1.54) is 17.2 Å². The van der Waals surface area contributed by atoms with Crippen molar-refractivity contribution in [3.05, 3.63) is 17.8 Å².